The van der Waals surface area contributed by atoms with Crippen molar-refractivity contribution in [1.82, 2.24) is 14.9 Å². The van der Waals surface area contributed by atoms with Crippen LogP contribution in [0.25, 0.3) is 0 Å². The Morgan fingerprint density at radius 2 is 2.04 bits per heavy atom. The summed E-state index contributed by atoms with van der Waals surface area (Å²) in [5.41, 5.74) is 1.72. The molecule has 1 aliphatic carbocycles. The Hall–Kier alpha value is -2.15. The van der Waals surface area contributed by atoms with E-state index in [1.807, 2.05) is 24.0 Å². The van der Waals surface area contributed by atoms with Crippen LogP contribution in [0.1, 0.15) is 28.9 Å². The number of pyridine rings is 1. The quantitative estimate of drug-likeness (QED) is 0.923. The molecule has 1 saturated carbocycles. The van der Waals surface area contributed by atoms with Gasteiger partial charge >= 0.3 is 0 Å². The minimum absolute atomic E-state index is 0.0652. The van der Waals surface area contributed by atoms with Gasteiger partial charge < -0.3 is 15.1 Å². The van der Waals surface area contributed by atoms with Crippen LogP contribution in [0.3, 0.4) is 0 Å². The minimum atomic E-state index is 0.0652. The Bertz CT molecular complexity index is 717. The zero-order valence-corrected chi connectivity index (χ0v) is 14.6. The fraction of sp³-hybridized carbons (Fsp3) is 0.471. The zero-order chi connectivity index (χ0) is 16.5. The summed E-state index contributed by atoms with van der Waals surface area (Å²) in [6, 6.07) is 4.35. The van der Waals surface area contributed by atoms with Gasteiger partial charge in [-0.05, 0) is 31.9 Å². The Morgan fingerprint density at radius 3 is 2.62 bits per heavy atom. The van der Waals surface area contributed by atoms with Gasteiger partial charge in [0.1, 0.15) is 5.82 Å². The lowest BCUT2D eigenvalue weighted by Gasteiger charge is -2.34. The van der Waals surface area contributed by atoms with E-state index in [4.69, 9.17) is 0 Å². The molecule has 2 aromatic heterocycles. The van der Waals surface area contributed by atoms with E-state index < -0.39 is 0 Å². The molecule has 0 unspecified atom stereocenters. The summed E-state index contributed by atoms with van der Waals surface area (Å²) in [6.07, 6.45) is 4.11. The maximum atomic E-state index is 12.6. The highest BCUT2D eigenvalue weighted by Gasteiger charge is 2.24. The van der Waals surface area contributed by atoms with Gasteiger partial charge in [0.25, 0.3) is 5.91 Å². The van der Waals surface area contributed by atoms with Crippen LogP contribution in [0.15, 0.2) is 23.7 Å². The minimum Gasteiger partial charge on any atom is -0.367 e. The number of carbonyl (C=O) groups is 1. The van der Waals surface area contributed by atoms with E-state index in [1.165, 1.54) is 12.8 Å². The zero-order valence-electron chi connectivity index (χ0n) is 13.7. The molecule has 1 amide bonds. The third-order valence-corrected chi connectivity index (χ3v) is 5.40. The van der Waals surface area contributed by atoms with Crippen molar-refractivity contribution in [2.24, 2.45) is 0 Å². The first kappa shape index (κ1) is 15.4. The molecule has 0 bridgehead atoms. The van der Waals surface area contributed by atoms with Crippen LogP contribution in [-0.4, -0.2) is 53.0 Å². The van der Waals surface area contributed by atoms with Crippen molar-refractivity contribution in [2.45, 2.75) is 25.8 Å². The van der Waals surface area contributed by atoms with Gasteiger partial charge in [-0.15, -0.1) is 11.3 Å². The first-order chi connectivity index (χ1) is 11.7. The summed E-state index contributed by atoms with van der Waals surface area (Å²) in [7, 11) is 0. The summed E-state index contributed by atoms with van der Waals surface area (Å²) >= 11 is 1.67. The molecule has 126 valence electrons. The summed E-state index contributed by atoms with van der Waals surface area (Å²) in [5.74, 6) is 0.924. The molecule has 2 fully saturated rings. The third kappa shape index (κ3) is 3.36. The van der Waals surface area contributed by atoms with Crippen molar-refractivity contribution in [1.29, 1.82) is 0 Å². The van der Waals surface area contributed by atoms with Crippen LogP contribution >= 0.6 is 11.3 Å². The Balaban J connectivity index is 1.35. The standard InChI is InChI=1S/C17H21N5OS/c1-12-11-24-17(19-12)22-8-6-21(7-9-22)16(23)13-2-5-15(18-10-13)20-14-3-4-14/h2,5,10-11,14H,3-4,6-9H2,1H3,(H,18,20). The normalized spacial score (nSPS) is 17.9. The first-order valence-corrected chi connectivity index (χ1v) is 9.26. The first-order valence-electron chi connectivity index (χ1n) is 8.38. The number of piperazine rings is 1. The second kappa shape index (κ2) is 6.39. The van der Waals surface area contributed by atoms with Crippen LogP contribution in [0.4, 0.5) is 10.9 Å². The summed E-state index contributed by atoms with van der Waals surface area (Å²) in [4.78, 5) is 25.7. The van der Waals surface area contributed by atoms with Crippen LogP contribution in [0.2, 0.25) is 0 Å². The van der Waals surface area contributed by atoms with Crippen molar-refractivity contribution in [3.8, 4) is 0 Å². The second-order valence-corrected chi connectivity index (χ2v) is 7.24. The Kier molecular flexibility index (Phi) is 4.10. The van der Waals surface area contributed by atoms with Crippen LogP contribution < -0.4 is 10.2 Å². The van der Waals surface area contributed by atoms with Crippen LogP contribution in [0.5, 0.6) is 0 Å². The van der Waals surface area contributed by atoms with Gasteiger partial charge in [-0.1, -0.05) is 0 Å². The monoisotopic (exact) mass is 343 g/mol. The maximum Gasteiger partial charge on any atom is 0.255 e. The summed E-state index contributed by atoms with van der Waals surface area (Å²) in [5, 5.41) is 6.46. The molecule has 1 N–H and O–H groups in total. The molecular formula is C17H21N5OS. The number of anilines is 2. The number of rotatable bonds is 4. The SMILES string of the molecule is Cc1csc(N2CCN(C(=O)c3ccc(NC4CC4)nc3)CC2)n1. The van der Waals surface area contributed by atoms with E-state index in [9.17, 15) is 4.79 Å². The number of hydrogen-bond donors (Lipinski definition) is 1. The molecule has 0 radical (unpaired) electrons. The Morgan fingerprint density at radius 1 is 1.25 bits per heavy atom. The molecule has 4 rings (SSSR count). The number of amides is 1. The van der Waals surface area contributed by atoms with E-state index in [0.29, 0.717) is 11.6 Å². The van der Waals surface area contributed by atoms with Gasteiger partial charge in [0.05, 0.1) is 11.3 Å². The third-order valence-electron chi connectivity index (χ3n) is 4.38. The summed E-state index contributed by atoms with van der Waals surface area (Å²) < 4.78 is 0. The lowest BCUT2D eigenvalue weighted by atomic mass is 10.2. The van der Waals surface area contributed by atoms with Crippen molar-refractivity contribution in [3.05, 3.63) is 35.0 Å². The number of hydrogen-bond acceptors (Lipinski definition) is 6. The Labute approximate surface area is 145 Å². The molecule has 24 heavy (non-hydrogen) atoms. The molecule has 0 aromatic carbocycles. The lowest BCUT2D eigenvalue weighted by molar-refractivity contribution is 0.0746. The van der Waals surface area contributed by atoms with Crippen molar-refractivity contribution < 1.29 is 4.79 Å². The fourth-order valence-corrected chi connectivity index (χ4v) is 3.67. The number of aryl methyl sites for hydroxylation is 1. The predicted molar refractivity (Wildman–Crippen MR) is 95.8 cm³/mol. The molecule has 3 heterocycles. The molecular weight excluding hydrogens is 322 g/mol. The number of aromatic nitrogens is 2. The molecule has 1 saturated heterocycles. The van der Waals surface area contributed by atoms with E-state index >= 15 is 0 Å². The van der Waals surface area contributed by atoms with Gasteiger partial charge in [-0.3, -0.25) is 4.79 Å². The number of carbonyl (C=O) groups excluding carboxylic acids is 1. The van der Waals surface area contributed by atoms with Crippen LogP contribution in [-0.2, 0) is 0 Å². The molecule has 2 aromatic rings. The van der Waals surface area contributed by atoms with E-state index in [0.717, 1.165) is 42.8 Å². The highest BCUT2D eigenvalue weighted by Crippen LogP contribution is 2.24. The lowest BCUT2D eigenvalue weighted by Crippen LogP contribution is -2.48. The van der Waals surface area contributed by atoms with E-state index in [1.54, 1.807) is 17.5 Å². The van der Waals surface area contributed by atoms with Crippen molar-refractivity contribution in [3.63, 3.8) is 0 Å². The summed E-state index contributed by atoms with van der Waals surface area (Å²) in [6.45, 7) is 5.11. The molecule has 2 aliphatic rings. The second-order valence-electron chi connectivity index (χ2n) is 6.40. The highest BCUT2D eigenvalue weighted by atomic mass is 32.1. The average molecular weight is 343 g/mol. The van der Waals surface area contributed by atoms with Gasteiger partial charge in [0, 0.05) is 43.8 Å². The van der Waals surface area contributed by atoms with Gasteiger partial charge in [-0.2, -0.15) is 0 Å². The maximum absolute atomic E-state index is 12.6. The smallest absolute Gasteiger partial charge is 0.255 e. The van der Waals surface area contributed by atoms with Crippen molar-refractivity contribution >= 4 is 28.2 Å². The number of thiazole rings is 1. The highest BCUT2D eigenvalue weighted by molar-refractivity contribution is 7.13. The van der Waals surface area contributed by atoms with Gasteiger partial charge in [0.15, 0.2) is 5.13 Å². The largest absolute Gasteiger partial charge is 0.367 e. The molecule has 1 aliphatic heterocycles. The number of nitrogens with zero attached hydrogens (tertiary/aromatic N) is 4. The topological polar surface area (TPSA) is 61.4 Å². The van der Waals surface area contributed by atoms with Crippen molar-refractivity contribution in [2.75, 3.05) is 36.4 Å². The fourth-order valence-electron chi connectivity index (χ4n) is 2.81. The predicted octanol–water partition coefficient (Wildman–Crippen LogP) is 2.38. The number of nitrogens with one attached hydrogen (secondary N) is 1. The average Bonchev–Trinajstić information content (AvgIpc) is 3.33. The van der Waals surface area contributed by atoms with Gasteiger partial charge in [-0.25, -0.2) is 9.97 Å². The molecule has 0 spiro atoms. The molecule has 6 nitrogen and oxygen atoms in total. The molecule has 0 atom stereocenters. The van der Waals surface area contributed by atoms with E-state index in [2.05, 4.69) is 25.6 Å². The van der Waals surface area contributed by atoms with E-state index in [-0.39, 0.29) is 5.91 Å². The molecule has 7 heteroatoms. The van der Waals surface area contributed by atoms with Gasteiger partial charge in [0.2, 0.25) is 0 Å². The van der Waals surface area contributed by atoms with Crippen LogP contribution in [0, 0.1) is 6.92 Å².